The van der Waals surface area contributed by atoms with Crippen molar-refractivity contribution in [1.82, 2.24) is 0 Å². The van der Waals surface area contributed by atoms with Gasteiger partial charge in [0.1, 0.15) is 0 Å². The summed E-state index contributed by atoms with van der Waals surface area (Å²) in [5.74, 6) is 0.200. The molecule has 0 heterocycles. The summed E-state index contributed by atoms with van der Waals surface area (Å²) in [6, 6.07) is 10.1. The van der Waals surface area contributed by atoms with Crippen molar-refractivity contribution in [2.24, 2.45) is 22.2 Å². The van der Waals surface area contributed by atoms with Crippen LogP contribution in [0.15, 0.2) is 35.3 Å². The van der Waals surface area contributed by atoms with E-state index in [4.69, 9.17) is 17.2 Å². The first-order valence-electron chi connectivity index (χ1n) is 4.68. The van der Waals surface area contributed by atoms with Crippen molar-refractivity contribution in [3.8, 4) is 0 Å². The van der Waals surface area contributed by atoms with E-state index >= 15 is 0 Å². The van der Waals surface area contributed by atoms with Crippen molar-refractivity contribution in [3.05, 3.63) is 35.9 Å². The lowest BCUT2D eigenvalue weighted by molar-refractivity contribution is -0.458. The summed E-state index contributed by atoms with van der Waals surface area (Å²) in [6.07, 6.45) is 0.877. The molecule has 5 heteroatoms. The highest BCUT2D eigenvalue weighted by Gasteiger charge is 1.97. The number of guanidine groups is 2. The predicted octanol–water partition coefficient (Wildman–Crippen LogP) is -2.10. The van der Waals surface area contributed by atoms with Gasteiger partial charge in [0.25, 0.3) is 5.96 Å². The Kier molecular flexibility index (Phi) is 4.15. The van der Waals surface area contributed by atoms with Crippen LogP contribution in [0.3, 0.4) is 0 Å². The van der Waals surface area contributed by atoms with E-state index in [1.807, 2.05) is 18.2 Å². The molecule has 0 amide bonds. The SMILES string of the molecule is NC(N)=NC(N)=[NH+]CCc1ccccc1. The van der Waals surface area contributed by atoms with Crippen molar-refractivity contribution in [1.29, 1.82) is 0 Å². The third-order valence-electron chi connectivity index (χ3n) is 1.81. The topological polar surface area (TPSA) is 104 Å². The number of benzene rings is 1. The summed E-state index contributed by atoms with van der Waals surface area (Å²) in [4.78, 5) is 6.57. The van der Waals surface area contributed by atoms with E-state index in [-0.39, 0.29) is 11.9 Å². The van der Waals surface area contributed by atoms with Gasteiger partial charge in [0.2, 0.25) is 0 Å². The largest absolute Gasteiger partial charge is 0.385 e. The van der Waals surface area contributed by atoms with E-state index in [9.17, 15) is 0 Å². The van der Waals surface area contributed by atoms with Gasteiger partial charge in [-0.25, -0.2) is 0 Å². The van der Waals surface area contributed by atoms with Gasteiger partial charge in [0, 0.05) is 6.42 Å². The fourth-order valence-electron chi connectivity index (χ4n) is 1.16. The molecule has 0 saturated heterocycles. The molecule has 0 spiro atoms. The molecule has 1 rings (SSSR count). The molecular weight excluding hydrogens is 190 g/mol. The van der Waals surface area contributed by atoms with Crippen LogP contribution in [0.25, 0.3) is 0 Å². The molecule has 0 bridgehead atoms. The van der Waals surface area contributed by atoms with Crippen LogP contribution < -0.4 is 22.2 Å². The lowest BCUT2D eigenvalue weighted by Gasteiger charge is -1.95. The van der Waals surface area contributed by atoms with Crippen molar-refractivity contribution < 1.29 is 4.99 Å². The van der Waals surface area contributed by atoms with E-state index in [2.05, 4.69) is 22.1 Å². The molecule has 0 unspecified atom stereocenters. The fourth-order valence-corrected chi connectivity index (χ4v) is 1.16. The van der Waals surface area contributed by atoms with Crippen molar-refractivity contribution >= 4 is 11.9 Å². The van der Waals surface area contributed by atoms with Crippen LogP contribution in [-0.4, -0.2) is 18.5 Å². The molecule has 0 aliphatic carbocycles. The molecule has 7 N–H and O–H groups in total. The fraction of sp³-hybridized carbons (Fsp3) is 0.200. The van der Waals surface area contributed by atoms with Gasteiger partial charge in [0.15, 0.2) is 0 Å². The Morgan fingerprint density at radius 3 is 2.40 bits per heavy atom. The summed E-state index contributed by atoms with van der Waals surface area (Å²) in [5.41, 5.74) is 17.1. The highest BCUT2D eigenvalue weighted by atomic mass is 15.1. The second kappa shape index (κ2) is 5.64. The molecule has 80 valence electrons. The molecule has 0 fully saturated rings. The highest BCUT2D eigenvalue weighted by molar-refractivity contribution is 5.89. The van der Waals surface area contributed by atoms with E-state index in [1.54, 1.807) is 0 Å². The van der Waals surface area contributed by atoms with Gasteiger partial charge in [-0.15, -0.1) is 0 Å². The van der Waals surface area contributed by atoms with Crippen LogP contribution in [0, 0.1) is 0 Å². The third kappa shape index (κ3) is 4.66. The second-order valence-electron chi connectivity index (χ2n) is 3.08. The Balaban J connectivity index is 2.42. The maximum absolute atomic E-state index is 5.50. The standard InChI is InChI=1S/C10H15N5/c11-9(12)15-10(13)14-7-6-8-4-2-1-3-5-8/h1-5H,6-7H2,(H6,11,12,13,14,15)/p+1. The first kappa shape index (κ1) is 11.0. The zero-order chi connectivity index (χ0) is 11.1. The highest BCUT2D eigenvalue weighted by Crippen LogP contribution is 1.96. The molecule has 1 aromatic carbocycles. The molecule has 0 aromatic heterocycles. The van der Waals surface area contributed by atoms with E-state index < -0.39 is 0 Å². The number of nitrogens with two attached hydrogens (primary N) is 3. The Bertz CT molecular complexity index is 351. The van der Waals surface area contributed by atoms with Gasteiger partial charge in [-0.05, 0) is 10.6 Å². The molecule has 15 heavy (non-hydrogen) atoms. The van der Waals surface area contributed by atoms with Gasteiger partial charge < -0.3 is 11.5 Å². The van der Waals surface area contributed by atoms with E-state index in [1.165, 1.54) is 5.56 Å². The molecule has 5 nitrogen and oxygen atoms in total. The zero-order valence-corrected chi connectivity index (χ0v) is 8.48. The molecule has 0 saturated carbocycles. The van der Waals surface area contributed by atoms with Crippen LogP contribution in [0.1, 0.15) is 5.56 Å². The Morgan fingerprint density at radius 2 is 1.80 bits per heavy atom. The van der Waals surface area contributed by atoms with Crippen LogP contribution in [0.4, 0.5) is 0 Å². The van der Waals surface area contributed by atoms with Crippen LogP contribution >= 0.6 is 0 Å². The maximum Gasteiger partial charge on any atom is 0.385 e. The minimum atomic E-state index is -0.0419. The lowest BCUT2D eigenvalue weighted by atomic mass is 10.2. The molecule has 0 aliphatic heterocycles. The zero-order valence-electron chi connectivity index (χ0n) is 8.48. The summed E-state index contributed by atoms with van der Waals surface area (Å²) in [7, 11) is 0. The van der Waals surface area contributed by atoms with Crippen LogP contribution in [-0.2, 0) is 6.42 Å². The number of hydrogen-bond acceptors (Lipinski definition) is 0. The smallest absolute Gasteiger partial charge is 0.356 e. The first-order chi connectivity index (χ1) is 7.18. The summed E-state index contributed by atoms with van der Waals surface area (Å²) >= 11 is 0. The predicted molar refractivity (Wildman–Crippen MR) is 61.0 cm³/mol. The number of aliphatic imine (C=N–C) groups is 1. The number of nitrogens with one attached hydrogen (secondary N) is 1. The van der Waals surface area contributed by atoms with Crippen molar-refractivity contribution in [2.75, 3.05) is 6.54 Å². The summed E-state index contributed by atoms with van der Waals surface area (Å²) in [6.45, 7) is 0.701. The van der Waals surface area contributed by atoms with Crippen molar-refractivity contribution in [3.63, 3.8) is 0 Å². The molecule has 0 radical (unpaired) electrons. The Labute approximate surface area is 88.7 Å². The summed E-state index contributed by atoms with van der Waals surface area (Å²) in [5, 5.41) is 0. The summed E-state index contributed by atoms with van der Waals surface area (Å²) < 4.78 is 0. The second-order valence-corrected chi connectivity index (χ2v) is 3.08. The van der Waals surface area contributed by atoms with Gasteiger partial charge in [-0.2, -0.15) is 0 Å². The van der Waals surface area contributed by atoms with Crippen LogP contribution in [0.5, 0.6) is 0 Å². The van der Waals surface area contributed by atoms with Crippen molar-refractivity contribution in [2.45, 2.75) is 6.42 Å². The Morgan fingerprint density at radius 1 is 1.13 bits per heavy atom. The molecule has 0 atom stereocenters. The molecule has 1 aromatic rings. The maximum atomic E-state index is 5.50. The van der Waals surface area contributed by atoms with Gasteiger partial charge in [0.05, 0.1) is 6.54 Å². The monoisotopic (exact) mass is 206 g/mol. The Hall–Kier alpha value is -2.04. The minimum absolute atomic E-state index is 0.0419. The number of rotatable bonds is 3. The lowest BCUT2D eigenvalue weighted by Crippen LogP contribution is -2.75. The molecular formula is C10H16N5+. The third-order valence-corrected chi connectivity index (χ3v) is 1.81. The number of hydrogen-bond donors (Lipinski definition) is 4. The van der Waals surface area contributed by atoms with E-state index in [0.717, 1.165) is 6.42 Å². The first-order valence-corrected chi connectivity index (χ1v) is 4.68. The van der Waals surface area contributed by atoms with Gasteiger partial charge in [-0.1, -0.05) is 30.3 Å². The van der Waals surface area contributed by atoms with Gasteiger partial charge >= 0.3 is 5.96 Å². The minimum Gasteiger partial charge on any atom is -0.356 e. The van der Waals surface area contributed by atoms with Crippen LogP contribution in [0.2, 0.25) is 0 Å². The van der Waals surface area contributed by atoms with E-state index in [0.29, 0.717) is 6.54 Å². The average molecular weight is 206 g/mol. The molecule has 0 aliphatic rings. The average Bonchev–Trinajstić information content (AvgIpc) is 2.18. The normalized spacial score (nSPS) is 11.1. The quantitative estimate of drug-likeness (QED) is 0.336. The number of nitrogens with zero attached hydrogens (tertiary/aromatic N) is 1. The van der Waals surface area contributed by atoms with Gasteiger partial charge in [-0.3, -0.25) is 10.7 Å².